The normalized spacial score (nSPS) is 15.1. The SMILES string of the molecule is NC1CCN(CCc2ccccc2)CC1.O.O=C(O)C(=O)O. The van der Waals surface area contributed by atoms with Gasteiger partial charge in [0.25, 0.3) is 0 Å². The van der Waals surface area contributed by atoms with Gasteiger partial charge in [-0.1, -0.05) is 30.3 Å². The standard InChI is InChI=1S/C13H20N2.C2H2O4.H2O/c14-13-7-10-15(11-8-13)9-6-12-4-2-1-3-5-12;3-1(4)2(5)6;/h1-5,13H,6-11,14H2;(H,3,4)(H,5,6);1H2. The van der Waals surface area contributed by atoms with Crippen molar-refractivity contribution in [2.24, 2.45) is 5.73 Å². The van der Waals surface area contributed by atoms with E-state index in [-0.39, 0.29) is 5.48 Å². The average Bonchev–Trinajstić information content (AvgIpc) is 2.48. The van der Waals surface area contributed by atoms with Crippen molar-refractivity contribution in [3.63, 3.8) is 0 Å². The number of likely N-dealkylation sites (tertiary alicyclic amines) is 1. The molecule has 1 fully saturated rings. The predicted octanol–water partition coefficient (Wildman–Crippen LogP) is -0.0169. The second-order valence-corrected chi connectivity index (χ2v) is 5.02. The van der Waals surface area contributed by atoms with Crippen LogP contribution in [0.4, 0.5) is 0 Å². The second kappa shape index (κ2) is 10.7. The van der Waals surface area contributed by atoms with Crippen LogP contribution in [0.25, 0.3) is 0 Å². The Morgan fingerprint density at radius 1 is 1.09 bits per heavy atom. The summed E-state index contributed by atoms with van der Waals surface area (Å²) >= 11 is 0. The van der Waals surface area contributed by atoms with Gasteiger partial charge in [0.1, 0.15) is 0 Å². The van der Waals surface area contributed by atoms with Gasteiger partial charge in [-0.2, -0.15) is 0 Å². The van der Waals surface area contributed by atoms with Gasteiger partial charge in [0.05, 0.1) is 0 Å². The van der Waals surface area contributed by atoms with Crippen LogP contribution in [-0.4, -0.2) is 58.2 Å². The van der Waals surface area contributed by atoms with E-state index in [1.165, 1.54) is 25.2 Å². The Morgan fingerprint density at radius 3 is 2.05 bits per heavy atom. The molecule has 1 saturated heterocycles. The number of carboxylic acids is 2. The van der Waals surface area contributed by atoms with Crippen molar-refractivity contribution in [1.29, 1.82) is 0 Å². The van der Waals surface area contributed by atoms with Gasteiger partial charge in [0, 0.05) is 12.6 Å². The van der Waals surface area contributed by atoms with Crippen LogP contribution in [0.1, 0.15) is 18.4 Å². The van der Waals surface area contributed by atoms with Crippen LogP contribution in [0.15, 0.2) is 30.3 Å². The predicted molar refractivity (Wildman–Crippen MR) is 82.7 cm³/mol. The van der Waals surface area contributed by atoms with Crippen molar-refractivity contribution in [3.05, 3.63) is 35.9 Å². The molecule has 0 aromatic heterocycles. The lowest BCUT2D eigenvalue weighted by Crippen LogP contribution is -2.40. The third-order valence-electron chi connectivity index (χ3n) is 3.37. The van der Waals surface area contributed by atoms with E-state index in [4.69, 9.17) is 25.5 Å². The van der Waals surface area contributed by atoms with E-state index < -0.39 is 11.9 Å². The molecule has 2 rings (SSSR count). The Hall–Kier alpha value is -1.96. The minimum atomic E-state index is -1.82. The lowest BCUT2D eigenvalue weighted by Gasteiger charge is -2.29. The second-order valence-electron chi connectivity index (χ2n) is 5.02. The zero-order valence-electron chi connectivity index (χ0n) is 12.4. The third-order valence-corrected chi connectivity index (χ3v) is 3.37. The van der Waals surface area contributed by atoms with E-state index in [1.807, 2.05) is 0 Å². The number of benzene rings is 1. The minimum absolute atomic E-state index is 0. The van der Waals surface area contributed by atoms with Crippen molar-refractivity contribution in [2.75, 3.05) is 19.6 Å². The van der Waals surface area contributed by atoms with Crippen LogP contribution in [0.5, 0.6) is 0 Å². The topological polar surface area (TPSA) is 135 Å². The molecule has 124 valence electrons. The Balaban J connectivity index is 0.000000546. The summed E-state index contributed by atoms with van der Waals surface area (Å²) < 4.78 is 0. The summed E-state index contributed by atoms with van der Waals surface area (Å²) in [4.78, 5) is 20.7. The number of rotatable bonds is 3. The molecule has 1 aliphatic rings. The Labute approximate surface area is 129 Å². The molecule has 1 aliphatic heterocycles. The number of hydrogen-bond acceptors (Lipinski definition) is 4. The molecule has 1 heterocycles. The molecule has 7 nitrogen and oxygen atoms in total. The first-order chi connectivity index (χ1) is 9.99. The first-order valence-corrected chi connectivity index (χ1v) is 6.97. The van der Waals surface area contributed by atoms with Crippen molar-refractivity contribution in [3.8, 4) is 0 Å². The lowest BCUT2D eigenvalue weighted by atomic mass is 10.1. The molecule has 0 spiro atoms. The van der Waals surface area contributed by atoms with E-state index in [1.54, 1.807) is 0 Å². The summed E-state index contributed by atoms with van der Waals surface area (Å²) in [6.45, 7) is 3.53. The number of hydrogen-bond donors (Lipinski definition) is 3. The maximum absolute atomic E-state index is 9.10. The molecule has 0 saturated carbocycles. The molecule has 6 N–H and O–H groups in total. The molecule has 1 aromatic rings. The van der Waals surface area contributed by atoms with Gasteiger partial charge >= 0.3 is 11.9 Å². The van der Waals surface area contributed by atoms with Crippen LogP contribution in [-0.2, 0) is 16.0 Å². The summed E-state index contributed by atoms with van der Waals surface area (Å²) in [6, 6.07) is 11.1. The molecule has 0 aliphatic carbocycles. The van der Waals surface area contributed by atoms with Gasteiger partial charge in [-0.15, -0.1) is 0 Å². The number of carbonyl (C=O) groups is 2. The van der Waals surface area contributed by atoms with E-state index in [9.17, 15) is 0 Å². The summed E-state index contributed by atoms with van der Waals surface area (Å²) in [5, 5.41) is 14.8. The highest BCUT2D eigenvalue weighted by Gasteiger charge is 2.15. The quantitative estimate of drug-likeness (QED) is 0.671. The van der Waals surface area contributed by atoms with Gasteiger partial charge in [-0.3, -0.25) is 0 Å². The molecular formula is C15H24N2O5. The summed E-state index contributed by atoms with van der Waals surface area (Å²) in [5.74, 6) is -3.65. The van der Waals surface area contributed by atoms with Crippen LogP contribution < -0.4 is 5.73 Å². The molecule has 1 aromatic carbocycles. The maximum atomic E-state index is 9.10. The molecule has 0 unspecified atom stereocenters. The number of piperidine rings is 1. The van der Waals surface area contributed by atoms with Crippen molar-refractivity contribution in [2.45, 2.75) is 25.3 Å². The van der Waals surface area contributed by atoms with Gasteiger partial charge < -0.3 is 26.3 Å². The zero-order chi connectivity index (χ0) is 15.7. The van der Waals surface area contributed by atoms with E-state index in [0.717, 1.165) is 19.3 Å². The van der Waals surface area contributed by atoms with Crippen LogP contribution in [0, 0.1) is 0 Å². The van der Waals surface area contributed by atoms with Gasteiger partial charge in [0.2, 0.25) is 0 Å². The Morgan fingerprint density at radius 2 is 1.59 bits per heavy atom. The maximum Gasteiger partial charge on any atom is 0.414 e. The highest BCUT2D eigenvalue weighted by molar-refractivity contribution is 6.27. The Bertz CT molecular complexity index is 433. The van der Waals surface area contributed by atoms with Gasteiger partial charge in [-0.25, -0.2) is 9.59 Å². The van der Waals surface area contributed by atoms with E-state index in [2.05, 4.69) is 35.2 Å². The summed E-state index contributed by atoms with van der Waals surface area (Å²) in [5.41, 5.74) is 7.31. The minimum Gasteiger partial charge on any atom is -0.473 e. The molecule has 7 heteroatoms. The number of nitrogens with zero attached hydrogens (tertiary/aromatic N) is 1. The fraction of sp³-hybridized carbons (Fsp3) is 0.467. The van der Waals surface area contributed by atoms with Crippen LogP contribution in [0.2, 0.25) is 0 Å². The fourth-order valence-corrected chi connectivity index (χ4v) is 2.11. The molecular weight excluding hydrogens is 288 g/mol. The number of carboxylic acid groups (broad SMARTS) is 2. The summed E-state index contributed by atoms with van der Waals surface area (Å²) in [7, 11) is 0. The molecule has 0 atom stereocenters. The zero-order valence-corrected chi connectivity index (χ0v) is 12.4. The monoisotopic (exact) mass is 312 g/mol. The van der Waals surface area contributed by atoms with Gasteiger partial charge in [0.15, 0.2) is 0 Å². The van der Waals surface area contributed by atoms with Crippen molar-refractivity contribution >= 4 is 11.9 Å². The van der Waals surface area contributed by atoms with Crippen molar-refractivity contribution in [1.82, 2.24) is 4.90 Å². The smallest absolute Gasteiger partial charge is 0.414 e. The number of aliphatic carboxylic acids is 2. The van der Waals surface area contributed by atoms with Crippen molar-refractivity contribution < 1.29 is 25.3 Å². The Kier molecular flexibility index (Phi) is 9.77. The molecule has 22 heavy (non-hydrogen) atoms. The lowest BCUT2D eigenvalue weighted by molar-refractivity contribution is -0.159. The molecule has 0 radical (unpaired) electrons. The molecule has 0 bridgehead atoms. The largest absolute Gasteiger partial charge is 0.473 e. The van der Waals surface area contributed by atoms with E-state index in [0.29, 0.717) is 6.04 Å². The average molecular weight is 312 g/mol. The summed E-state index contributed by atoms with van der Waals surface area (Å²) in [6.07, 6.45) is 3.49. The highest BCUT2D eigenvalue weighted by Crippen LogP contribution is 2.09. The van der Waals surface area contributed by atoms with Gasteiger partial charge in [-0.05, 0) is 37.9 Å². The van der Waals surface area contributed by atoms with Crippen LogP contribution in [0.3, 0.4) is 0 Å². The van der Waals surface area contributed by atoms with Crippen LogP contribution >= 0.6 is 0 Å². The third kappa shape index (κ3) is 8.35. The van der Waals surface area contributed by atoms with E-state index >= 15 is 0 Å². The first-order valence-electron chi connectivity index (χ1n) is 6.97. The molecule has 0 amide bonds. The first kappa shape index (κ1) is 20.0. The number of nitrogens with two attached hydrogens (primary N) is 1. The highest BCUT2D eigenvalue weighted by atomic mass is 16.4. The fourth-order valence-electron chi connectivity index (χ4n) is 2.11.